The summed E-state index contributed by atoms with van der Waals surface area (Å²) in [5, 5.41) is 3.07. The van der Waals surface area contributed by atoms with Gasteiger partial charge in [0.05, 0.1) is 23.7 Å². The van der Waals surface area contributed by atoms with Crippen molar-refractivity contribution in [3.05, 3.63) is 89.5 Å². The number of anilines is 1. The van der Waals surface area contributed by atoms with Crippen LogP contribution in [0.1, 0.15) is 48.9 Å². The molecule has 1 N–H and O–H groups in total. The zero-order chi connectivity index (χ0) is 24.8. The number of hydrogen-bond acceptors (Lipinski definition) is 4. The average molecular weight is 493 g/mol. The van der Waals surface area contributed by atoms with Crippen LogP contribution < -0.4 is 14.4 Å². The molecule has 0 saturated carbocycles. The Labute approximate surface area is 208 Å². The van der Waals surface area contributed by atoms with Crippen LogP contribution in [0.25, 0.3) is 0 Å². The Morgan fingerprint density at radius 3 is 2.43 bits per heavy atom. The molecule has 0 saturated heterocycles. The quantitative estimate of drug-likeness (QED) is 0.454. The predicted octanol–water partition coefficient (Wildman–Crippen LogP) is 5.04. The highest BCUT2D eigenvalue weighted by Crippen LogP contribution is 2.28. The summed E-state index contributed by atoms with van der Waals surface area (Å²) in [6.07, 6.45) is 5.27. The van der Waals surface area contributed by atoms with Gasteiger partial charge in [-0.3, -0.25) is 9.10 Å². The molecule has 0 aliphatic heterocycles. The summed E-state index contributed by atoms with van der Waals surface area (Å²) in [5.74, 6) is 0.147. The van der Waals surface area contributed by atoms with Crippen molar-refractivity contribution in [3.8, 4) is 5.75 Å². The molecule has 3 aromatic carbocycles. The second-order valence-electron chi connectivity index (χ2n) is 8.79. The Morgan fingerprint density at radius 1 is 0.971 bits per heavy atom. The minimum absolute atomic E-state index is 0.123. The van der Waals surface area contributed by atoms with Crippen LogP contribution in [-0.2, 0) is 27.7 Å². The highest BCUT2D eigenvalue weighted by atomic mass is 32.2. The Balaban J connectivity index is 1.60. The molecule has 184 valence electrons. The van der Waals surface area contributed by atoms with E-state index in [-0.39, 0.29) is 23.4 Å². The normalized spacial score (nSPS) is 14.0. The van der Waals surface area contributed by atoms with E-state index >= 15 is 0 Å². The van der Waals surface area contributed by atoms with Gasteiger partial charge in [-0.25, -0.2) is 8.42 Å². The maximum absolute atomic E-state index is 13.6. The number of carbonyl (C=O) groups is 1. The number of nitrogens with zero attached hydrogens (tertiary/aromatic N) is 1. The van der Waals surface area contributed by atoms with Crippen molar-refractivity contribution < 1.29 is 17.9 Å². The fourth-order valence-electron chi connectivity index (χ4n) is 4.56. The van der Waals surface area contributed by atoms with E-state index in [4.69, 9.17) is 4.74 Å². The maximum Gasteiger partial charge on any atom is 0.264 e. The van der Waals surface area contributed by atoms with Gasteiger partial charge in [-0.15, -0.1) is 0 Å². The topological polar surface area (TPSA) is 75.7 Å². The fourth-order valence-corrected chi connectivity index (χ4v) is 6.00. The molecule has 7 heteroatoms. The molecule has 0 heterocycles. The summed E-state index contributed by atoms with van der Waals surface area (Å²) < 4.78 is 33.5. The monoisotopic (exact) mass is 492 g/mol. The van der Waals surface area contributed by atoms with Crippen molar-refractivity contribution in [1.29, 1.82) is 0 Å². The third-order valence-electron chi connectivity index (χ3n) is 6.48. The van der Waals surface area contributed by atoms with Crippen LogP contribution in [0.5, 0.6) is 5.75 Å². The molecule has 0 spiro atoms. The van der Waals surface area contributed by atoms with Crippen molar-refractivity contribution in [2.45, 2.75) is 50.0 Å². The number of aryl methyl sites for hydroxylation is 2. The summed E-state index contributed by atoms with van der Waals surface area (Å²) in [5.41, 5.74) is 4.16. The third kappa shape index (κ3) is 5.68. The first-order chi connectivity index (χ1) is 16.9. The highest BCUT2D eigenvalue weighted by Gasteiger charge is 2.28. The summed E-state index contributed by atoms with van der Waals surface area (Å²) in [4.78, 5) is 13.4. The Hall–Kier alpha value is -3.32. The lowest BCUT2D eigenvalue weighted by Gasteiger charge is -2.26. The third-order valence-corrected chi connectivity index (χ3v) is 8.27. The maximum atomic E-state index is 13.6. The van der Waals surface area contributed by atoms with Gasteiger partial charge in [0.15, 0.2) is 0 Å². The van der Waals surface area contributed by atoms with E-state index in [1.54, 1.807) is 42.5 Å². The number of amides is 1. The van der Waals surface area contributed by atoms with Crippen molar-refractivity contribution in [2.24, 2.45) is 0 Å². The summed E-state index contributed by atoms with van der Waals surface area (Å²) >= 11 is 0. The number of ether oxygens (including phenoxy) is 1. The lowest BCUT2D eigenvalue weighted by atomic mass is 9.89. The Kier molecular flexibility index (Phi) is 7.76. The molecule has 0 aromatic heterocycles. The smallest absolute Gasteiger partial charge is 0.264 e. The van der Waals surface area contributed by atoms with E-state index in [1.807, 2.05) is 6.92 Å². The molecule has 3 aromatic rings. The van der Waals surface area contributed by atoms with Gasteiger partial charge < -0.3 is 10.1 Å². The van der Waals surface area contributed by atoms with Crippen molar-refractivity contribution in [2.75, 3.05) is 18.0 Å². The summed E-state index contributed by atoms with van der Waals surface area (Å²) in [6.45, 7) is 1.68. The first kappa shape index (κ1) is 24.8. The van der Waals surface area contributed by atoms with Crippen LogP contribution in [0.4, 0.5) is 5.69 Å². The van der Waals surface area contributed by atoms with E-state index in [1.165, 1.54) is 43.2 Å². The Morgan fingerprint density at radius 2 is 1.71 bits per heavy atom. The first-order valence-electron chi connectivity index (χ1n) is 12.0. The summed E-state index contributed by atoms with van der Waals surface area (Å²) in [7, 11) is -2.46. The highest BCUT2D eigenvalue weighted by molar-refractivity contribution is 7.92. The molecule has 0 bridgehead atoms. The Bertz CT molecular complexity index is 1280. The van der Waals surface area contributed by atoms with Gasteiger partial charge in [0.25, 0.3) is 10.0 Å². The molecule has 1 aliphatic carbocycles. The molecule has 1 amide bonds. The van der Waals surface area contributed by atoms with Gasteiger partial charge in [0.2, 0.25) is 5.91 Å². The van der Waals surface area contributed by atoms with Gasteiger partial charge in [-0.1, -0.05) is 49.4 Å². The molecule has 0 radical (unpaired) electrons. The second-order valence-corrected chi connectivity index (χ2v) is 10.7. The zero-order valence-corrected chi connectivity index (χ0v) is 21.1. The number of nitrogens with one attached hydrogen (secondary N) is 1. The molecule has 35 heavy (non-hydrogen) atoms. The molecular formula is C28H32N2O4S. The van der Waals surface area contributed by atoms with E-state index in [2.05, 4.69) is 23.5 Å². The van der Waals surface area contributed by atoms with Crippen LogP contribution in [-0.4, -0.2) is 28.0 Å². The van der Waals surface area contributed by atoms with Crippen LogP contribution in [0.15, 0.2) is 77.7 Å². The predicted molar refractivity (Wildman–Crippen MR) is 138 cm³/mol. The van der Waals surface area contributed by atoms with E-state index < -0.39 is 10.0 Å². The average Bonchev–Trinajstić information content (AvgIpc) is 2.90. The molecular weight excluding hydrogens is 460 g/mol. The van der Waals surface area contributed by atoms with Gasteiger partial charge in [-0.05, 0) is 73.1 Å². The van der Waals surface area contributed by atoms with Crippen LogP contribution in [0.2, 0.25) is 0 Å². The standard InChI is InChI=1S/C28H32N2O4S/c1-3-27(23-17-16-21-10-7-8-11-22(21)18-23)29-28(31)20-30(24-12-9-13-25(19-24)34-2)35(32,33)26-14-5-4-6-15-26/h4-6,9,12-19,27H,3,7-8,10-11,20H2,1-2H3,(H,29,31). The van der Waals surface area contributed by atoms with Gasteiger partial charge >= 0.3 is 0 Å². The minimum atomic E-state index is -3.98. The second kappa shape index (κ2) is 11.0. The molecule has 4 rings (SSSR count). The van der Waals surface area contributed by atoms with Crippen LogP contribution in [0.3, 0.4) is 0 Å². The number of sulfonamides is 1. The molecule has 1 unspecified atom stereocenters. The minimum Gasteiger partial charge on any atom is -0.497 e. The number of hydrogen-bond donors (Lipinski definition) is 1. The lowest BCUT2D eigenvalue weighted by Crippen LogP contribution is -2.42. The van der Waals surface area contributed by atoms with Gasteiger partial charge in [0, 0.05) is 6.07 Å². The van der Waals surface area contributed by atoms with Crippen LogP contribution >= 0.6 is 0 Å². The first-order valence-corrected chi connectivity index (χ1v) is 13.5. The number of carbonyl (C=O) groups excluding carboxylic acids is 1. The number of rotatable bonds is 9. The van der Waals surface area contributed by atoms with E-state index in [0.717, 1.165) is 22.7 Å². The van der Waals surface area contributed by atoms with Crippen LogP contribution in [0, 0.1) is 0 Å². The lowest BCUT2D eigenvalue weighted by molar-refractivity contribution is -0.120. The molecule has 0 fully saturated rings. The molecule has 1 atom stereocenters. The molecule has 1 aliphatic rings. The van der Waals surface area contributed by atoms with Gasteiger partial charge in [0.1, 0.15) is 12.3 Å². The largest absolute Gasteiger partial charge is 0.497 e. The van der Waals surface area contributed by atoms with E-state index in [0.29, 0.717) is 17.9 Å². The summed E-state index contributed by atoms with van der Waals surface area (Å²) in [6, 6.07) is 21.1. The molecule has 6 nitrogen and oxygen atoms in total. The zero-order valence-electron chi connectivity index (χ0n) is 20.2. The number of benzene rings is 3. The fraction of sp³-hybridized carbons (Fsp3) is 0.321. The number of methoxy groups -OCH3 is 1. The van der Waals surface area contributed by atoms with E-state index in [9.17, 15) is 13.2 Å². The number of fused-ring (bicyclic) bond motifs is 1. The van der Waals surface area contributed by atoms with Crippen molar-refractivity contribution >= 4 is 21.6 Å². The SMILES string of the molecule is CCC(NC(=O)CN(c1cccc(OC)c1)S(=O)(=O)c1ccccc1)c1ccc2c(c1)CCCC2. The van der Waals surface area contributed by atoms with Gasteiger partial charge in [-0.2, -0.15) is 0 Å². The van der Waals surface area contributed by atoms with Crippen molar-refractivity contribution in [3.63, 3.8) is 0 Å². The van der Waals surface area contributed by atoms with Crippen molar-refractivity contribution in [1.82, 2.24) is 5.32 Å².